The average Bonchev–Trinajstić information content (AvgIpc) is 2.71. The van der Waals surface area contributed by atoms with Crippen molar-refractivity contribution >= 4 is 24.0 Å². The van der Waals surface area contributed by atoms with Crippen molar-refractivity contribution in [3.8, 4) is 0 Å². The van der Waals surface area contributed by atoms with Gasteiger partial charge in [0.2, 0.25) is 0 Å². The Kier molecular flexibility index (Phi) is 4.58. The highest BCUT2D eigenvalue weighted by Crippen LogP contribution is 2.08. The molecule has 2 rings (SSSR count). The number of halogens is 1. The van der Waals surface area contributed by atoms with Gasteiger partial charge in [-0.1, -0.05) is 0 Å². The van der Waals surface area contributed by atoms with Crippen LogP contribution in [0.4, 0.5) is 5.69 Å². The lowest BCUT2D eigenvalue weighted by Crippen LogP contribution is -2.34. The summed E-state index contributed by atoms with van der Waals surface area (Å²) in [6, 6.07) is 7.04. The highest BCUT2D eigenvalue weighted by molar-refractivity contribution is 5.94. The number of nitrogens with two attached hydrogens (primary N) is 1. The Morgan fingerprint density at radius 3 is 2.62 bits per heavy atom. The number of nitrogens with one attached hydrogen (secondary N) is 1. The topological polar surface area (TPSA) is 64.4 Å². The van der Waals surface area contributed by atoms with E-state index >= 15 is 0 Å². The summed E-state index contributed by atoms with van der Waals surface area (Å²) in [5.74, 6) is -0.0644. The van der Waals surface area contributed by atoms with Gasteiger partial charge in [-0.3, -0.25) is 4.79 Å². The van der Waals surface area contributed by atoms with Gasteiger partial charge in [-0.15, -0.1) is 12.4 Å². The third-order valence-corrected chi connectivity index (χ3v) is 2.44. The molecule has 0 radical (unpaired) electrons. The molecule has 1 saturated heterocycles. The molecule has 1 aliphatic rings. The van der Waals surface area contributed by atoms with Crippen molar-refractivity contribution in [2.75, 3.05) is 18.9 Å². The fraction of sp³-hybridized carbons (Fsp3) is 0.364. The zero-order valence-corrected chi connectivity index (χ0v) is 9.63. The maximum Gasteiger partial charge on any atom is 0.251 e. The smallest absolute Gasteiger partial charge is 0.251 e. The second-order valence-electron chi connectivity index (χ2n) is 3.66. The summed E-state index contributed by atoms with van der Waals surface area (Å²) in [6.45, 7) is 1.34. The average molecular weight is 243 g/mol. The van der Waals surface area contributed by atoms with Gasteiger partial charge in [-0.2, -0.15) is 0 Å². The van der Waals surface area contributed by atoms with Gasteiger partial charge in [0.1, 0.15) is 0 Å². The second-order valence-corrected chi connectivity index (χ2v) is 3.66. The first-order chi connectivity index (χ1) is 7.25. The molecule has 5 heteroatoms. The molecule has 0 aromatic heterocycles. The third-order valence-electron chi connectivity index (χ3n) is 2.44. The Balaban J connectivity index is 0.00000128. The number of carbonyl (C=O) groups excluding carboxylic acids is 1. The molecule has 1 heterocycles. The van der Waals surface area contributed by atoms with Crippen LogP contribution in [0.1, 0.15) is 16.8 Å². The number of anilines is 1. The summed E-state index contributed by atoms with van der Waals surface area (Å²) in [6.07, 6.45) is 0.890. The van der Waals surface area contributed by atoms with Crippen LogP contribution in [0.25, 0.3) is 0 Å². The van der Waals surface area contributed by atoms with Crippen LogP contribution in [-0.4, -0.2) is 25.2 Å². The Morgan fingerprint density at radius 1 is 1.38 bits per heavy atom. The molecule has 88 valence electrons. The van der Waals surface area contributed by atoms with Crippen LogP contribution >= 0.6 is 12.4 Å². The molecule has 1 aliphatic heterocycles. The molecular weight excluding hydrogens is 228 g/mol. The molecule has 1 amide bonds. The molecule has 1 atom stereocenters. The van der Waals surface area contributed by atoms with Crippen molar-refractivity contribution in [3.63, 3.8) is 0 Å². The highest BCUT2D eigenvalue weighted by Gasteiger charge is 2.18. The Hall–Kier alpha value is -1.26. The first kappa shape index (κ1) is 12.8. The van der Waals surface area contributed by atoms with E-state index in [2.05, 4.69) is 5.32 Å². The molecule has 0 aliphatic carbocycles. The van der Waals surface area contributed by atoms with Crippen LogP contribution < -0.4 is 11.1 Å². The SMILES string of the molecule is Cl.Nc1ccc(C(=O)NC2CCOC2)cc1. The minimum Gasteiger partial charge on any atom is -0.399 e. The maximum atomic E-state index is 11.7. The van der Waals surface area contributed by atoms with E-state index in [9.17, 15) is 4.79 Å². The number of hydrogen-bond donors (Lipinski definition) is 2. The summed E-state index contributed by atoms with van der Waals surface area (Å²) in [5, 5.41) is 2.91. The van der Waals surface area contributed by atoms with E-state index in [0.717, 1.165) is 13.0 Å². The zero-order valence-electron chi connectivity index (χ0n) is 8.81. The molecule has 1 fully saturated rings. The van der Waals surface area contributed by atoms with Gasteiger partial charge in [-0.05, 0) is 30.7 Å². The molecule has 1 aromatic carbocycles. The van der Waals surface area contributed by atoms with Crippen molar-refractivity contribution in [1.82, 2.24) is 5.32 Å². The lowest BCUT2D eigenvalue weighted by Gasteiger charge is -2.10. The molecule has 4 nitrogen and oxygen atoms in total. The fourth-order valence-electron chi connectivity index (χ4n) is 1.55. The summed E-state index contributed by atoms with van der Waals surface area (Å²) < 4.78 is 5.18. The lowest BCUT2D eigenvalue weighted by molar-refractivity contribution is 0.0930. The first-order valence-electron chi connectivity index (χ1n) is 5.00. The van der Waals surface area contributed by atoms with E-state index < -0.39 is 0 Å². The summed E-state index contributed by atoms with van der Waals surface area (Å²) in [4.78, 5) is 11.7. The largest absolute Gasteiger partial charge is 0.399 e. The van der Waals surface area contributed by atoms with Crippen LogP contribution in [0.2, 0.25) is 0 Å². The number of benzene rings is 1. The number of amides is 1. The van der Waals surface area contributed by atoms with E-state index in [4.69, 9.17) is 10.5 Å². The van der Waals surface area contributed by atoms with E-state index in [1.54, 1.807) is 24.3 Å². The lowest BCUT2D eigenvalue weighted by atomic mass is 10.1. The number of carbonyl (C=O) groups is 1. The molecule has 1 unspecified atom stereocenters. The van der Waals surface area contributed by atoms with E-state index in [0.29, 0.717) is 17.9 Å². The molecule has 16 heavy (non-hydrogen) atoms. The standard InChI is InChI=1S/C11H14N2O2.ClH/c12-9-3-1-8(2-4-9)11(14)13-10-5-6-15-7-10;/h1-4,10H,5-7,12H2,(H,13,14);1H. The predicted molar refractivity (Wildman–Crippen MR) is 64.8 cm³/mol. The van der Waals surface area contributed by atoms with Crippen LogP contribution in [0.3, 0.4) is 0 Å². The van der Waals surface area contributed by atoms with E-state index in [1.165, 1.54) is 0 Å². The Bertz CT molecular complexity index is 348. The van der Waals surface area contributed by atoms with Crippen molar-refractivity contribution in [1.29, 1.82) is 0 Å². The minimum atomic E-state index is -0.0644. The summed E-state index contributed by atoms with van der Waals surface area (Å²) in [5.41, 5.74) is 6.84. The first-order valence-corrected chi connectivity index (χ1v) is 5.00. The second kappa shape index (κ2) is 5.72. The van der Waals surface area contributed by atoms with Gasteiger partial charge in [0.15, 0.2) is 0 Å². The van der Waals surface area contributed by atoms with Crippen molar-refractivity contribution in [3.05, 3.63) is 29.8 Å². The van der Waals surface area contributed by atoms with Gasteiger partial charge in [0.25, 0.3) is 5.91 Å². The number of ether oxygens (including phenoxy) is 1. The molecular formula is C11H15ClN2O2. The Labute approximate surface area is 101 Å². The van der Waals surface area contributed by atoms with Gasteiger partial charge >= 0.3 is 0 Å². The van der Waals surface area contributed by atoms with Gasteiger partial charge in [0, 0.05) is 17.9 Å². The quantitative estimate of drug-likeness (QED) is 0.767. The van der Waals surface area contributed by atoms with Crippen molar-refractivity contribution < 1.29 is 9.53 Å². The van der Waals surface area contributed by atoms with E-state index in [1.807, 2.05) is 0 Å². The number of rotatable bonds is 2. The molecule has 1 aromatic rings. The highest BCUT2D eigenvalue weighted by atomic mass is 35.5. The van der Waals surface area contributed by atoms with Crippen molar-refractivity contribution in [2.45, 2.75) is 12.5 Å². The summed E-state index contributed by atoms with van der Waals surface area (Å²) >= 11 is 0. The zero-order chi connectivity index (χ0) is 10.7. The Morgan fingerprint density at radius 2 is 2.06 bits per heavy atom. The molecule has 3 N–H and O–H groups in total. The molecule has 0 saturated carbocycles. The van der Waals surface area contributed by atoms with Gasteiger partial charge < -0.3 is 15.8 Å². The number of nitrogen functional groups attached to an aromatic ring is 1. The van der Waals surface area contributed by atoms with Crippen LogP contribution in [0, 0.1) is 0 Å². The van der Waals surface area contributed by atoms with Gasteiger partial charge in [-0.25, -0.2) is 0 Å². The predicted octanol–water partition coefficient (Wildman–Crippen LogP) is 1.21. The third kappa shape index (κ3) is 3.12. The minimum absolute atomic E-state index is 0. The van der Waals surface area contributed by atoms with Crippen LogP contribution in [0.5, 0.6) is 0 Å². The fourth-order valence-corrected chi connectivity index (χ4v) is 1.55. The monoisotopic (exact) mass is 242 g/mol. The number of hydrogen-bond acceptors (Lipinski definition) is 3. The van der Waals surface area contributed by atoms with Gasteiger partial charge in [0.05, 0.1) is 12.6 Å². The van der Waals surface area contributed by atoms with E-state index in [-0.39, 0.29) is 24.4 Å². The van der Waals surface area contributed by atoms with Crippen LogP contribution in [0.15, 0.2) is 24.3 Å². The van der Waals surface area contributed by atoms with Crippen molar-refractivity contribution in [2.24, 2.45) is 0 Å². The molecule has 0 bridgehead atoms. The molecule has 0 spiro atoms. The van der Waals surface area contributed by atoms with Crippen LogP contribution in [-0.2, 0) is 4.74 Å². The summed E-state index contributed by atoms with van der Waals surface area (Å²) in [7, 11) is 0. The normalized spacial score (nSPS) is 18.9. The maximum absolute atomic E-state index is 11.7.